The Kier molecular flexibility index (Phi) is 8.36. The van der Waals surface area contributed by atoms with Crippen LogP contribution in [0.3, 0.4) is 0 Å². The summed E-state index contributed by atoms with van der Waals surface area (Å²) in [4.78, 5) is 27.6. The third kappa shape index (κ3) is 6.95. The van der Waals surface area contributed by atoms with Gasteiger partial charge < -0.3 is 21.4 Å². The minimum Gasteiger partial charge on any atom is -0.351 e. The van der Waals surface area contributed by atoms with E-state index < -0.39 is 0 Å². The Morgan fingerprint density at radius 3 is 2.59 bits per heavy atom. The zero-order valence-corrected chi connectivity index (χ0v) is 18.0. The summed E-state index contributed by atoms with van der Waals surface area (Å²) in [5, 5.41) is 5.98. The highest BCUT2D eigenvalue weighted by atomic mass is 32.2. The summed E-state index contributed by atoms with van der Waals surface area (Å²) < 4.78 is 4.89. The fourth-order valence-corrected chi connectivity index (χ4v) is 3.82. The molecule has 0 atom stereocenters. The first-order chi connectivity index (χ1) is 13.8. The van der Waals surface area contributed by atoms with Gasteiger partial charge in [-0.1, -0.05) is 19.2 Å². The van der Waals surface area contributed by atoms with Gasteiger partial charge in [-0.2, -0.15) is 0 Å². The second kappa shape index (κ2) is 10.5. The lowest BCUT2D eigenvalue weighted by Crippen LogP contribution is -2.49. The average Bonchev–Trinajstić information content (AvgIpc) is 3.10. The lowest BCUT2D eigenvalue weighted by Gasteiger charge is -2.31. The number of carbonyl (C=O) groups excluding carboxylic acids is 2. The van der Waals surface area contributed by atoms with Crippen molar-refractivity contribution in [3.63, 3.8) is 0 Å². The molecule has 1 aromatic rings. The van der Waals surface area contributed by atoms with Crippen LogP contribution in [0, 0.1) is 0 Å². The van der Waals surface area contributed by atoms with Crippen molar-refractivity contribution in [1.29, 1.82) is 0 Å². The summed E-state index contributed by atoms with van der Waals surface area (Å²) in [5.74, 6) is -0.132. The Hall–Kier alpha value is -2.23. The predicted molar refractivity (Wildman–Crippen MR) is 120 cm³/mol. The summed E-state index contributed by atoms with van der Waals surface area (Å²) in [5.41, 5.74) is 7.37. The summed E-state index contributed by atoms with van der Waals surface area (Å²) >= 11 is 1.29. The number of nitrogens with two attached hydrogens (primary N) is 1. The summed E-state index contributed by atoms with van der Waals surface area (Å²) in [6, 6.07) is 1.64. The standard InChI is InChI=1S/C20H32N6O2S/c1-5-14-13-17(23-16(14)6-2)18(27)22-15-7-11-26(12-8-15)29-25-19(28)24-20(3,4)9-10-21/h5-6,13,15,23H,1-2,7-12,21H2,3-4H3,(H,22,27)(H2,24,25,28). The van der Waals surface area contributed by atoms with Crippen LogP contribution < -0.4 is 21.1 Å². The highest BCUT2D eigenvalue weighted by Gasteiger charge is 2.24. The molecule has 0 spiro atoms. The van der Waals surface area contributed by atoms with Gasteiger partial charge in [0.05, 0.1) is 0 Å². The van der Waals surface area contributed by atoms with Crippen LogP contribution in [0.4, 0.5) is 4.79 Å². The number of piperidine rings is 1. The molecule has 1 saturated heterocycles. The second-order valence-electron chi connectivity index (χ2n) is 7.71. The van der Waals surface area contributed by atoms with Crippen LogP contribution in [0.25, 0.3) is 12.2 Å². The Morgan fingerprint density at radius 2 is 2.03 bits per heavy atom. The summed E-state index contributed by atoms with van der Waals surface area (Å²) in [6.45, 7) is 13.4. The lowest BCUT2D eigenvalue weighted by atomic mass is 10.0. The normalized spacial score (nSPS) is 15.6. The number of aromatic nitrogens is 1. The number of amides is 3. The first kappa shape index (κ1) is 23.1. The number of hydrogen-bond donors (Lipinski definition) is 5. The van der Waals surface area contributed by atoms with Crippen LogP contribution in [-0.4, -0.2) is 52.4 Å². The molecule has 29 heavy (non-hydrogen) atoms. The van der Waals surface area contributed by atoms with E-state index in [-0.39, 0.29) is 23.5 Å². The van der Waals surface area contributed by atoms with Crippen LogP contribution >= 0.6 is 12.1 Å². The van der Waals surface area contributed by atoms with Crippen LogP contribution in [-0.2, 0) is 0 Å². The van der Waals surface area contributed by atoms with Crippen molar-refractivity contribution in [2.45, 2.75) is 44.7 Å². The molecule has 8 nitrogen and oxygen atoms in total. The molecule has 1 aliphatic heterocycles. The van der Waals surface area contributed by atoms with Crippen molar-refractivity contribution in [3.8, 4) is 0 Å². The maximum absolute atomic E-state index is 12.5. The lowest BCUT2D eigenvalue weighted by molar-refractivity contribution is 0.0920. The third-order valence-electron chi connectivity index (χ3n) is 4.83. The Labute approximate surface area is 177 Å². The molecule has 3 amide bonds. The van der Waals surface area contributed by atoms with Crippen molar-refractivity contribution in [1.82, 2.24) is 24.6 Å². The van der Waals surface area contributed by atoms with E-state index in [1.54, 1.807) is 18.2 Å². The predicted octanol–water partition coefficient (Wildman–Crippen LogP) is 2.48. The van der Waals surface area contributed by atoms with E-state index in [2.05, 4.69) is 37.8 Å². The maximum Gasteiger partial charge on any atom is 0.326 e. The number of hydrogen-bond acceptors (Lipinski definition) is 5. The molecular formula is C20H32N6O2S. The number of carbonyl (C=O) groups is 2. The molecule has 6 N–H and O–H groups in total. The van der Waals surface area contributed by atoms with Crippen molar-refractivity contribution in [2.75, 3.05) is 19.6 Å². The van der Waals surface area contributed by atoms with Crippen LogP contribution in [0.5, 0.6) is 0 Å². The average molecular weight is 421 g/mol. The molecule has 0 aromatic carbocycles. The quantitative estimate of drug-likeness (QED) is 0.394. The molecule has 0 unspecified atom stereocenters. The molecule has 1 aromatic heterocycles. The molecule has 2 rings (SSSR count). The van der Waals surface area contributed by atoms with E-state index in [1.807, 2.05) is 13.8 Å². The number of H-pyrrole nitrogens is 1. The highest BCUT2D eigenvalue weighted by molar-refractivity contribution is 7.95. The van der Waals surface area contributed by atoms with Gasteiger partial charge in [0.1, 0.15) is 5.69 Å². The fraction of sp³-hybridized carbons (Fsp3) is 0.500. The van der Waals surface area contributed by atoms with E-state index in [0.29, 0.717) is 18.7 Å². The highest BCUT2D eigenvalue weighted by Crippen LogP contribution is 2.18. The van der Waals surface area contributed by atoms with E-state index in [1.165, 1.54) is 12.1 Å². The number of nitrogens with zero attached hydrogens (tertiary/aromatic N) is 1. The van der Waals surface area contributed by atoms with Crippen molar-refractivity contribution < 1.29 is 9.59 Å². The van der Waals surface area contributed by atoms with Gasteiger partial charge in [0.15, 0.2) is 0 Å². The van der Waals surface area contributed by atoms with E-state index >= 15 is 0 Å². The number of rotatable bonds is 9. The van der Waals surface area contributed by atoms with Crippen molar-refractivity contribution in [2.24, 2.45) is 5.73 Å². The van der Waals surface area contributed by atoms with Gasteiger partial charge >= 0.3 is 6.03 Å². The van der Waals surface area contributed by atoms with Gasteiger partial charge in [-0.25, -0.2) is 9.10 Å². The van der Waals surface area contributed by atoms with E-state index in [9.17, 15) is 9.59 Å². The van der Waals surface area contributed by atoms with Gasteiger partial charge in [0.25, 0.3) is 5.91 Å². The molecule has 0 radical (unpaired) electrons. The monoisotopic (exact) mass is 420 g/mol. The van der Waals surface area contributed by atoms with Gasteiger partial charge in [0, 0.05) is 42.5 Å². The molecule has 0 aliphatic carbocycles. The van der Waals surface area contributed by atoms with Crippen LogP contribution in [0.2, 0.25) is 0 Å². The van der Waals surface area contributed by atoms with Crippen LogP contribution in [0.15, 0.2) is 19.2 Å². The molecular weight excluding hydrogens is 388 g/mol. The number of urea groups is 1. The fourth-order valence-electron chi connectivity index (χ4n) is 3.16. The number of aromatic amines is 1. The van der Waals surface area contributed by atoms with Crippen molar-refractivity contribution >= 4 is 36.2 Å². The summed E-state index contributed by atoms with van der Waals surface area (Å²) in [6.07, 6.45) is 5.69. The number of nitrogens with one attached hydrogen (secondary N) is 4. The third-order valence-corrected chi connectivity index (χ3v) is 5.73. The molecule has 9 heteroatoms. The minimum atomic E-state index is -0.342. The Morgan fingerprint density at radius 1 is 1.34 bits per heavy atom. The smallest absolute Gasteiger partial charge is 0.326 e. The van der Waals surface area contributed by atoms with E-state index in [4.69, 9.17) is 5.73 Å². The molecule has 1 fully saturated rings. The van der Waals surface area contributed by atoms with Gasteiger partial charge in [0.2, 0.25) is 0 Å². The zero-order valence-electron chi connectivity index (χ0n) is 17.2. The Balaban J connectivity index is 1.74. The molecule has 2 heterocycles. The van der Waals surface area contributed by atoms with E-state index in [0.717, 1.165) is 37.2 Å². The topological polar surface area (TPSA) is 115 Å². The summed E-state index contributed by atoms with van der Waals surface area (Å²) in [7, 11) is 0. The molecule has 160 valence electrons. The zero-order chi connectivity index (χ0) is 21.4. The van der Waals surface area contributed by atoms with Gasteiger partial charge in [-0.15, -0.1) is 0 Å². The SMILES string of the molecule is C=Cc1cc(C(=O)NC2CCN(SNC(=O)NC(C)(C)CCN)CC2)[nH]c1C=C. The molecule has 0 bridgehead atoms. The maximum atomic E-state index is 12.5. The molecule has 1 aliphatic rings. The van der Waals surface area contributed by atoms with Gasteiger partial charge in [-0.05, 0) is 57.4 Å². The first-order valence-corrected chi connectivity index (χ1v) is 10.5. The van der Waals surface area contributed by atoms with Crippen LogP contribution in [0.1, 0.15) is 54.9 Å². The Bertz CT molecular complexity index is 712. The van der Waals surface area contributed by atoms with Gasteiger partial charge in [-0.3, -0.25) is 9.52 Å². The minimum absolute atomic E-state index is 0.0966. The largest absolute Gasteiger partial charge is 0.351 e. The first-order valence-electron chi connectivity index (χ1n) is 9.77. The van der Waals surface area contributed by atoms with Crippen molar-refractivity contribution in [3.05, 3.63) is 36.2 Å². The molecule has 0 saturated carbocycles. The second-order valence-corrected chi connectivity index (χ2v) is 8.61.